The first-order valence-electron chi connectivity index (χ1n) is 6.62. The van der Waals surface area contributed by atoms with E-state index in [1.165, 1.54) is 17.5 Å². The summed E-state index contributed by atoms with van der Waals surface area (Å²) < 4.78 is 5.43. The van der Waals surface area contributed by atoms with Gasteiger partial charge in [0.15, 0.2) is 0 Å². The second-order valence-electron chi connectivity index (χ2n) is 5.67. The number of phenolic OH excluding ortho intramolecular Hbond substituents is 1. The van der Waals surface area contributed by atoms with Crippen LogP contribution in [0.1, 0.15) is 43.9 Å². The molecular weight excluding hydrogens is 226 g/mol. The SMILES string of the molecule is COC(C)(C)CNC1CCCc2cc(O)ccc21. The fourth-order valence-electron chi connectivity index (χ4n) is 2.45. The van der Waals surface area contributed by atoms with E-state index in [0.717, 1.165) is 19.4 Å². The van der Waals surface area contributed by atoms with Gasteiger partial charge in [0.2, 0.25) is 0 Å². The number of nitrogens with one attached hydrogen (secondary N) is 1. The van der Waals surface area contributed by atoms with E-state index < -0.39 is 0 Å². The van der Waals surface area contributed by atoms with E-state index in [1.54, 1.807) is 13.2 Å². The molecule has 3 nitrogen and oxygen atoms in total. The maximum atomic E-state index is 9.53. The molecule has 0 saturated carbocycles. The molecule has 1 aromatic carbocycles. The minimum absolute atomic E-state index is 0.144. The van der Waals surface area contributed by atoms with Crippen LogP contribution in [0, 0.1) is 0 Å². The van der Waals surface area contributed by atoms with Gasteiger partial charge in [0.1, 0.15) is 5.75 Å². The zero-order valence-electron chi connectivity index (χ0n) is 11.5. The highest BCUT2D eigenvalue weighted by atomic mass is 16.5. The summed E-state index contributed by atoms with van der Waals surface area (Å²) in [7, 11) is 1.74. The van der Waals surface area contributed by atoms with Crippen LogP contribution in [0.3, 0.4) is 0 Å². The van der Waals surface area contributed by atoms with Gasteiger partial charge >= 0.3 is 0 Å². The Kier molecular flexibility index (Phi) is 3.93. The van der Waals surface area contributed by atoms with Crippen molar-refractivity contribution in [2.24, 2.45) is 0 Å². The van der Waals surface area contributed by atoms with Crippen molar-refractivity contribution in [1.29, 1.82) is 0 Å². The first kappa shape index (κ1) is 13.4. The molecule has 0 heterocycles. The highest BCUT2D eigenvalue weighted by Gasteiger charge is 2.23. The molecule has 0 radical (unpaired) electrons. The lowest BCUT2D eigenvalue weighted by Crippen LogP contribution is -2.39. The monoisotopic (exact) mass is 249 g/mol. The van der Waals surface area contributed by atoms with Gasteiger partial charge in [0.05, 0.1) is 5.60 Å². The van der Waals surface area contributed by atoms with Crippen LogP contribution in [0.15, 0.2) is 18.2 Å². The van der Waals surface area contributed by atoms with Crippen molar-refractivity contribution in [2.45, 2.75) is 44.8 Å². The van der Waals surface area contributed by atoms with Crippen molar-refractivity contribution in [2.75, 3.05) is 13.7 Å². The van der Waals surface area contributed by atoms with Crippen LogP contribution in [0.25, 0.3) is 0 Å². The Labute approximate surface area is 109 Å². The average Bonchev–Trinajstić information content (AvgIpc) is 2.36. The lowest BCUT2D eigenvalue weighted by atomic mass is 9.87. The van der Waals surface area contributed by atoms with Crippen LogP contribution >= 0.6 is 0 Å². The number of hydrogen-bond donors (Lipinski definition) is 2. The van der Waals surface area contributed by atoms with E-state index >= 15 is 0 Å². The van der Waals surface area contributed by atoms with Gasteiger partial charge in [-0.15, -0.1) is 0 Å². The Balaban J connectivity index is 2.08. The second kappa shape index (κ2) is 5.29. The smallest absolute Gasteiger partial charge is 0.115 e. The maximum absolute atomic E-state index is 9.53. The van der Waals surface area contributed by atoms with E-state index in [0.29, 0.717) is 11.8 Å². The summed E-state index contributed by atoms with van der Waals surface area (Å²) in [6, 6.07) is 6.09. The number of methoxy groups -OCH3 is 1. The van der Waals surface area contributed by atoms with E-state index in [9.17, 15) is 5.11 Å². The summed E-state index contributed by atoms with van der Waals surface area (Å²) in [4.78, 5) is 0. The lowest BCUT2D eigenvalue weighted by Gasteiger charge is -2.31. The normalized spacial score (nSPS) is 19.6. The molecule has 1 unspecified atom stereocenters. The van der Waals surface area contributed by atoms with Crippen molar-refractivity contribution < 1.29 is 9.84 Å². The molecule has 18 heavy (non-hydrogen) atoms. The number of hydrogen-bond acceptors (Lipinski definition) is 3. The number of ether oxygens (including phenoxy) is 1. The fraction of sp³-hybridized carbons (Fsp3) is 0.600. The average molecular weight is 249 g/mol. The topological polar surface area (TPSA) is 41.5 Å². The molecule has 0 amide bonds. The molecule has 0 bridgehead atoms. The van der Waals surface area contributed by atoms with Crippen LogP contribution in [-0.4, -0.2) is 24.4 Å². The van der Waals surface area contributed by atoms with Gasteiger partial charge in [0, 0.05) is 19.7 Å². The van der Waals surface area contributed by atoms with Crippen LogP contribution < -0.4 is 5.32 Å². The molecule has 3 heteroatoms. The van der Waals surface area contributed by atoms with Gasteiger partial charge in [-0.2, -0.15) is 0 Å². The fourth-order valence-corrected chi connectivity index (χ4v) is 2.45. The number of phenols is 1. The lowest BCUT2D eigenvalue weighted by molar-refractivity contribution is 0.0205. The Bertz CT molecular complexity index is 415. The number of aromatic hydroxyl groups is 1. The standard InChI is InChI=1S/C15H23NO2/c1-15(2,18-3)10-16-14-6-4-5-11-9-12(17)7-8-13(11)14/h7-9,14,16-17H,4-6,10H2,1-3H3. The summed E-state index contributed by atoms with van der Waals surface area (Å²) in [6.07, 6.45) is 3.38. The molecule has 1 aliphatic carbocycles. The van der Waals surface area contributed by atoms with Crippen molar-refractivity contribution in [3.05, 3.63) is 29.3 Å². The van der Waals surface area contributed by atoms with Crippen LogP contribution in [-0.2, 0) is 11.2 Å². The zero-order chi connectivity index (χ0) is 13.2. The molecule has 2 rings (SSSR count). The molecule has 0 fully saturated rings. The summed E-state index contributed by atoms with van der Waals surface area (Å²) in [6.45, 7) is 5.00. The Morgan fingerprint density at radius 3 is 2.94 bits per heavy atom. The third-order valence-electron chi connectivity index (χ3n) is 3.77. The molecule has 2 N–H and O–H groups in total. The first-order valence-corrected chi connectivity index (χ1v) is 6.62. The molecule has 1 aliphatic rings. The largest absolute Gasteiger partial charge is 0.508 e. The van der Waals surface area contributed by atoms with Gasteiger partial charge in [0.25, 0.3) is 0 Å². The minimum Gasteiger partial charge on any atom is -0.508 e. The van der Waals surface area contributed by atoms with Gasteiger partial charge in [-0.05, 0) is 56.4 Å². The summed E-state index contributed by atoms with van der Waals surface area (Å²) >= 11 is 0. The predicted octanol–water partition coefficient (Wildman–Crippen LogP) is 2.78. The van der Waals surface area contributed by atoms with Crippen molar-refractivity contribution in [1.82, 2.24) is 5.32 Å². The zero-order valence-corrected chi connectivity index (χ0v) is 11.5. The molecular formula is C15H23NO2. The molecule has 1 atom stereocenters. The Morgan fingerprint density at radius 1 is 1.44 bits per heavy atom. The van der Waals surface area contributed by atoms with Gasteiger partial charge in [-0.3, -0.25) is 0 Å². The predicted molar refractivity (Wildman–Crippen MR) is 72.9 cm³/mol. The second-order valence-corrected chi connectivity index (χ2v) is 5.67. The van der Waals surface area contributed by atoms with Crippen molar-refractivity contribution in [3.8, 4) is 5.75 Å². The molecule has 100 valence electrons. The third-order valence-corrected chi connectivity index (χ3v) is 3.77. The summed E-state index contributed by atoms with van der Waals surface area (Å²) in [5.74, 6) is 0.367. The Morgan fingerprint density at radius 2 is 2.22 bits per heavy atom. The van der Waals surface area contributed by atoms with E-state index in [4.69, 9.17) is 4.74 Å². The number of fused-ring (bicyclic) bond motifs is 1. The molecule has 1 aromatic rings. The summed E-state index contributed by atoms with van der Waals surface area (Å²) in [5.41, 5.74) is 2.45. The van der Waals surface area contributed by atoms with Gasteiger partial charge in [-0.1, -0.05) is 6.07 Å². The quantitative estimate of drug-likeness (QED) is 0.862. The minimum atomic E-state index is -0.144. The maximum Gasteiger partial charge on any atom is 0.115 e. The van der Waals surface area contributed by atoms with Crippen LogP contribution in [0.2, 0.25) is 0 Å². The first-order chi connectivity index (χ1) is 8.52. The van der Waals surface area contributed by atoms with Gasteiger partial charge in [-0.25, -0.2) is 0 Å². The van der Waals surface area contributed by atoms with E-state index in [1.807, 2.05) is 12.1 Å². The molecule has 0 aromatic heterocycles. The number of benzene rings is 1. The molecule has 0 saturated heterocycles. The number of aryl methyl sites for hydroxylation is 1. The molecule has 0 spiro atoms. The van der Waals surface area contributed by atoms with Crippen molar-refractivity contribution >= 4 is 0 Å². The number of rotatable bonds is 4. The Hall–Kier alpha value is -1.06. The highest BCUT2D eigenvalue weighted by molar-refractivity contribution is 5.38. The van der Waals surface area contributed by atoms with Gasteiger partial charge < -0.3 is 15.2 Å². The van der Waals surface area contributed by atoms with Crippen molar-refractivity contribution in [3.63, 3.8) is 0 Å². The highest BCUT2D eigenvalue weighted by Crippen LogP contribution is 2.32. The molecule has 0 aliphatic heterocycles. The van der Waals surface area contributed by atoms with E-state index in [2.05, 4.69) is 19.2 Å². The van der Waals surface area contributed by atoms with Crippen LogP contribution in [0.5, 0.6) is 5.75 Å². The van der Waals surface area contributed by atoms with E-state index in [-0.39, 0.29) is 5.60 Å². The third kappa shape index (κ3) is 3.03. The summed E-state index contributed by atoms with van der Waals surface area (Å²) in [5, 5.41) is 13.1. The van der Waals surface area contributed by atoms with Crippen LogP contribution in [0.4, 0.5) is 0 Å².